The molecule has 0 spiro atoms. The third kappa shape index (κ3) is 2.24. The van der Waals surface area contributed by atoms with E-state index in [1.54, 1.807) is 0 Å². The van der Waals surface area contributed by atoms with Crippen molar-refractivity contribution in [3.05, 3.63) is 11.9 Å². The minimum atomic E-state index is -0.944. The van der Waals surface area contributed by atoms with Crippen molar-refractivity contribution >= 4 is 5.97 Å². The Morgan fingerprint density at radius 1 is 1.79 bits per heavy atom. The van der Waals surface area contributed by atoms with E-state index in [-0.39, 0.29) is 0 Å². The van der Waals surface area contributed by atoms with Crippen molar-refractivity contribution in [3.63, 3.8) is 0 Å². The molecule has 0 bridgehead atoms. The molecule has 0 aromatic carbocycles. The number of hydrogen-bond donors (Lipinski definition) is 2. The zero-order valence-electron chi connectivity index (χ0n) is 8.90. The third-order valence-electron chi connectivity index (χ3n) is 2.47. The Morgan fingerprint density at radius 3 is 2.71 bits per heavy atom. The molecule has 0 saturated heterocycles. The van der Waals surface area contributed by atoms with Gasteiger partial charge in [0, 0.05) is 13.5 Å². The first-order valence-corrected chi connectivity index (χ1v) is 4.56. The number of rotatable bonds is 3. The average Bonchev–Trinajstić information content (AvgIpc) is 2.24. The van der Waals surface area contributed by atoms with Gasteiger partial charge in [0.15, 0.2) is 6.67 Å². The zero-order chi connectivity index (χ0) is 10.9. The molecule has 1 atom stereocenters. The molecule has 80 valence electrons. The van der Waals surface area contributed by atoms with Crippen LogP contribution in [0, 0.1) is 0 Å². The molecule has 0 radical (unpaired) electrons. The lowest BCUT2D eigenvalue weighted by molar-refractivity contribution is -0.854. The fraction of sp³-hybridized carbons (Fsp3) is 0.667. The Morgan fingerprint density at radius 2 is 2.36 bits per heavy atom. The molecule has 1 heterocycles. The number of carbonyl (C=O) groups is 1. The van der Waals surface area contributed by atoms with E-state index in [0.29, 0.717) is 10.9 Å². The summed E-state index contributed by atoms with van der Waals surface area (Å²) in [6.45, 7) is 0.863. The predicted octanol–water partition coefficient (Wildman–Crippen LogP) is -0.391. The molecule has 0 aliphatic carbocycles. The van der Waals surface area contributed by atoms with Crippen molar-refractivity contribution in [1.29, 1.82) is 0 Å². The van der Waals surface area contributed by atoms with Crippen LogP contribution in [0.3, 0.4) is 0 Å². The number of hydrogen-bond acceptors (Lipinski definition) is 3. The van der Waals surface area contributed by atoms with Crippen molar-refractivity contribution in [3.8, 4) is 0 Å². The second-order valence-electron chi connectivity index (χ2n) is 4.35. The van der Waals surface area contributed by atoms with E-state index >= 15 is 0 Å². The maximum Gasteiger partial charge on any atom is 0.321 e. The summed E-state index contributed by atoms with van der Waals surface area (Å²) < 4.78 is 0.692. The van der Waals surface area contributed by atoms with E-state index < -0.39 is 12.0 Å². The van der Waals surface area contributed by atoms with Crippen LogP contribution in [-0.2, 0) is 4.79 Å². The first-order chi connectivity index (χ1) is 6.33. The monoisotopic (exact) mass is 200 g/mol. The molecule has 0 fully saturated rings. The van der Waals surface area contributed by atoms with Gasteiger partial charge in [0.05, 0.1) is 20.3 Å². The standard InChI is InChI=1S/C9H17N3O2/c1-11-5-7(12(2,3)6-11)4-8(10)9(13)14/h5,8H,4,6,10H2,1-3H3/p+1. The summed E-state index contributed by atoms with van der Waals surface area (Å²) in [6.07, 6.45) is 2.38. The Kier molecular flexibility index (Phi) is 2.82. The van der Waals surface area contributed by atoms with Gasteiger partial charge < -0.3 is 15.7 Å². The highest BCUT2D eigenvalue weighted by molar-refractivity contribution is 5.73. The second kappa shape index (κ2) is 3.59. The fourth-order valence-electron chi connectivity index (χ4n) is 1.71. The van der Waals surface area contributed by atoms with Gasteiger partial charge in [0.25, 0.3) is 0 Å². The summed E-state index contributed by atoms with van der Waals surface area (Å²) in [5.74, 6) is -0.944. The van der Waals surface area contributed by atoms with E-state index in [9.17, 15) is 4.79 Å². The molecule has 3 N–H and O–H groups in total. The van der Waals surface area contributed by atoms with Crippen molar-refractivity contribution in [2.75, 3.05) is 27.8 Å². The Labute approximate surface area is 84.0 Å². The quantitative estimate of drug-likeness (QED) is 0.609. The summed E-state index contributed by atoms with van der Waals surface area (Å²) in [6, 6.07) is -0.801. The Bertz CT molecular complexity index is 273. The van der Waals surface area contributed by atoms with E-state index in [2.05, 4.69) is 0 Å². The van der Waals surface area contributed by atoms with E-state index in [4.69, 9.17) is 10.8 Å². The van der Waals surface area contributed by atoms with Crippen molar-refractivity contribution in [1.82, 2.24) is 4.90 Å². The molecule has 1 aliphatic rings. The summed E-state index contributed by atoms with van der Waals surface area (Å²) in [5.41, 5.74) is 6.55. The lowest BCUT2D eigenvalue weighted by Gasteiger charge is -2.27. The number of quaternary nitrogens is 1. The molecule has 0 amide bonds. The SMILES string of the molecule is CN1C=C(CC(N)C(=O)O)[N+](C)(C)C1. The number of nitrogens with zero attached hydrogens (tertiary/aromatic N) is 2. The van der Waals surface area contributed by atoms with Gasteiger partial charge in [-0.05, 0) is 0 Å². The molecule has 1 aliphatic heterocycles. The Balaban J connectivity index is 2.69. The van der Waals surface area contributed by atoms with Crippen LogP contribution < -0.4 is 5.73 Å². The van der Waals surface area contributed by atoms with E-state index in [1.165, 1.54) is 0 Å². The second-order valence-corrected chi connectivity index (χ2v) is 4.35. The van der Waals surface area contributed by atoms with Crippen molar-refractivity contribution in [2.45, 2.75) is 12.5 Å². The van der Waals surface area contributed by atoms with Gasteiger partial charge in [-0.1, -0.05) is 0 Å². The smallest absolute Gasteiger partial charge is 0.321 e. The zero-order valence-corrected chi connectivity index (χ0v) is 8.90. The highest BCUT2D eigenvalue weighted by Crippen LogP contribution is 2.23. The van der Waals surface area contributed by atoms with Crippen LogP contribution in [0.25, 0.3) is 0 Å². The van der Waals surface area contributed by atoms with Crippen LogP contribution in [0.4, 0.5) is 0 Å². The molecule has 0 aromatic heterocycles. The van der Waals surface area contributed by atoms with Crippen LogP contribution in [0.1, 0.15) is 6.42 Å². The van der Waals surface area contributed by atoms with Gasteiger partial charge >= 0.3 is 5.97 Å². The molecule has 5 heteroatoms. The van der Waals surface area contributed by atoms with Gasteiger partial charge in [-0.2, -0.15) is 0 Å². The van der Waals surface area contributed by atoms with Gasteiger partial charge in [-0.3, -0.25) is 9.28 Å². The molecular formula is C9H18N3O2+. The fourth-order valence-corrected chi connectivity index (χ4v) is 1.71. The first kappa shape index (κ1) is 11.0. The highest BCUT2D eigenvalue weighted by atomic mass is 16.4. The minimum absolute atomic E-state index is 0.409. The maximum atomic E-state index is 10.6. The van der Waals surface area contributed by atoms with E-state index in [0.717, 1.165) is 12.4 Å². The molecular weight excluding hydrogens is 182 g/mol. The van der Waals surface area contributed by atoms with Gasteiger partial charge in [-0.25, -0.2) is 0 Å². The average molecular weight is 200 g/mol. The largest absolute Gasteiger partial charge is 0.480 e. The Hall–Kier alpha value is -1.07. The van der Waals surface area contributed by atoms with Crippen LogP contribution in [0.2, 0.25) is 0 Å². The number of nitrogens with two attached hydrogens (primary N) is 1. The van der Waals surface area contributed by atoms with Crippen molar-refractivity contribution < 1.29 is 14.4 Å². The predicted molar refractivity (Wildman–Crippen MR) is 53.0 cm³/mol. The van der Waals surface area contributed by atoms with Gasteiger partial charge in [0.1, 0.15) is 11.7 Å². The summed E-state index contributed by atoms with van der Waals surface area (Å²) in [4.78, 5) is 12.7. The van der Waals surface area contributed by atoms with Crippen LogP contribution in [0.15, 0.2) is 11.9 Å². The van der Waals surface area contributed by atoms with Crippen LogP contribution in [-0.4, -0.2) is 54.3 Å². The molecule has 5 nitrogen and oxygen atoms in total. The lowest BCUT2D eigenvalue weighted by atomic mass is 10.1. The van der Waals surface area contributed by atoms with Crippen LogP contribution >= 0.6 is 0 Å². The topological polar surface area (TPSA) is 66.6 Å². The molecule has 14 heavy (non-hydrogen) atoms. The van der Waals surface area contributed by atoms with E-state index in [1.807, 2.05) is 32.2 Å². The molecule has 1 rings (SSSR count). The molecule has 0 saturated carbocycles. The van der Waals surface area contributed by atoms with Crippen molar-refractivity contribution in [2.24, 2.45) is 5.73 Å². The van der Waals surface area contributed by atoms with Gasteiger partial charge in [-0.15, -0.1) is 0 Å². The normalized spacial score (nSPS) is 22.0. The summed E-state index contributed by atoms with van der Waals surface area (Å²) in [5, 5.41) is 8.71. The number of carboxylic acids is 1. The molecule has 0 aromatic rings. The number of aliphatic carboxylic acids is 1. The summed E-state index contributed by atoms with van der Waals surface area (Å²) in [7, 11) is 6.06. The third-order valence-corrected chi connectivity index (χ3v) is 2.47. The first-order valence-electron chi connectivity index (χ1n) is 4.56. The lowest BCUT2D eigenvalue weighted by Crippen LogP contribution is -2.42. The number of carboxylic acid groups (broad SMARTS) is 1. The maximum absolute atomic E-state index is 10.6. The highest BCUT2D eigenvalue weighted by Gasteiger charge is 2.32. The van der Waals surface area contributed by atoms with Crippen LogP contribution in [0.5, 0.6) is 0 Å². The van der Waals surface area contributed by atoms with Gasteiger partial charge in [0.2, 0.25) is 0 Å². The minimum Gasteiger partial charge on any atom is -0.480 e. The molecule has 1 unspecified atom stereocenters. The summed E-state index contributed by atoms with van der Waals surface area (Å²) >= 11 is 0.